The Morgan fingerprint density at radius 1 is 1.08 bits per heavy atom. The molecule has 7 nitrogen and oxygen atoms in total. The van der Waals surface area contributed by atoms with E-state index in [0.29, 0.717) is 41.9 Å². The molecule has 0 N–H and O–H groups in total. The number of amides is 1. The largest absolute Gasteiger partial charge is 0.493 e. The van der Waals surface area contributed by atoms with Crippen molar-refractivity contribution in [1.29, 1.82) is 0 Å². The first kappa shape index (κ1) is 26.0. The molecular formula is C30H33ClFN5O2. The van der Waals surface area contributed by atoms with Crippen LogP contribution in [0, 0.1) is 23.6 Å². The summed E-state index contributed by atoms with van der Waals surface area (Å²) < 4.78 is 20.7. The van der Waals surface area contributed by atoms with E-state index in [9.17, 15) is 9.18 Å². The van der Waals surface area contributed by atoms with Gasteiger partial charge in [0.2, 0.25) is 11.9 Å². The van der Waals surface area contributed by atoms with Crippen LogP contribution in [0.25, 0.3) is 0 Å². The third-order valence-electron chi connectivity index (χ3n) is 8.51. The van der Waals surface area contributed by atoms with E-state index in [0.717, 1.165) is 62.1 Å². The molecule has 1 saturated carbocycles. The van der Waals surface area contributed by atoms with Crippen molar-refractivity contribution in [2.24, 2.45) is 17.8 Å². The molecule has 0 spiro atoms. The Bertz CT molecular complexity index is 1310. The maximum Gasteiger partial charge on any atom is 0.227 e. The number of carbonyl (C=O) groups is 1. The second kappa shape index (κ2) is 11.5. The summed E-state index contributed by atoms with van der Waals surface area (Å²) in [5.74, 6) is 3.00. The Balaban J connectivity index is 0.924. The van der Waals surface area contributed by atoms with Gasteiger partial charge in [0.15, 0.2) is 0 Å². The fraction of sp³-hybridized carbons (Fsp3) is 0.467. The molecule has 2 unspecified atom stereocenters. The Hall–Kier alpha value is -3.26. The lowest BCUT2D eigenvalue weighted by molar-refractivity contribution is -0.131. The molecule has 3 aromatic rings. The Morgan fingerprint density at radius 2 is 1.90 bits per heavy atom. The lowest BCUT2D eigenvalue weighted by Gasteiger charge is -2.32. The van der Waals surface area contributed by atoms with E-state index in [1.807, 2.05) is 12.3 Å². The van der Waals surface area contributed by atoms with E-state index >= 15 is 0 Å². The molecule has 0 bridgehead atoms. The van der Waals surface area contributed by atoms with E-state index in [1.54, 1.807) is 35.6 Å². The number of hydrogen-bond acceptors (Lipinski definition) is 6. The van der Waals surface area contributed by atoms with E-state index in [2.05, 4.69) is 19.9 Å². The summed E-state index contributed by atoms with van der Waals surface area (Å²) in [5.41, 5.74) is 2.70. The first-order valence-corrected chi connectivity index (χ1v) is 14.2. The first-order chi connectivity index (χ1) is 19.0. The highest BCUT2D eigenvalue weighted by Crippen LogP contribution is 2.49. The van der Waals surface area contributed by atoms with Gasteiger partial charge >= 0.3 is 0 Å². The Kier molecular flexibility index (Phi) is 7.64. The first-order valence-electron chi connectivity index (χ1n) is 13.9. The Labute approximate surface area is 233 Å². The second-order valence-corrected chi connectivity index (χ2v) is 11.4. The topological polar surface area (TPSA) is 71.5 Å². The van der Waals surface area contributed by atoms with Crippen molar-refractivity contribution in [2.75, 3.05) is 31.1 Å². The van der Waals surface area contributed by atoms with Gasteiger partial charge in [-0.05, 0) is 78.7 Å². The lowest BCUT2D eigenvalue weighted by Crippen LogP contribution is -2.37. The number of nitrogens with zero attached hydrogens (tertiary/aromatic N) is 5. The maximum absolute atomic E-state index is 14.8. The highest BCUT2D eigenvalue weighted by Gasteiger charge is 2.43. The smallest absolute Gasteiger partial charge is 0.227 e. The highest BCUT2D eigenvalue weighted by atomic mass is 35.5. The number of pyridine rings is 1. The molecule has 1 aliphatic carbocycles. The number of aromatic nitrogens is 3. The minimum Gasteiger partial charge on any atom is -0.493 e. The van der Waals surface area contributed by atoms with Crippen LogP contribution in [0.2, 0.25) is 5.02 Å². The average molecular weight is 550 g/mol. The van der Waals surface area contributed by atoms with Crippen LogP contribution in [0.5, 0.6) is 5.75 Å². The number of hydrogen-bond donors (Lipinski definition) is 0. The van der Waals surface area contributed by atoms with Gasteiger partial charge in [0.05, 0.1) is 30.4 Å². The fourth-order valence-electron chi connectivity index (χ4n) is 6.14. The number of carbonyl (C=O) groups excluding carboxylic acids is 1. The van der Waals surface area contributed by atoms with Crippen LogP contribution in [0.4, 0.5) is 10.3 Å². The van der Waals surface area contributed by atoms with Crippen LogP contribution in [-0.2, 0) is 24.2 Å². The minimum absolute atomic E-state index is 0.0500. The molecular weight excluding hydrogens is 517 g/mol. The number of ether oxygens (including phenoxy) is 1. The van der Waals surface area contributed by atoms with Gasteiger partial charge in [0, 0.05) is 44.6 Å². The molecule has 204 valence electrons. The van der Waals surface area contributed by atoms with Gasteiger partial charge in [-0.2, -0.15) is 0 Å². The van der Waals surface area contributed by atoms with Gasteiger partial charge in [-0.15, -0.1) is 0 Å². The number of halogens is 2. The summed E-state index contributed by atoms with van der Waals surface area (Å²) in [7, 11) is 0. The third-order valence-corrected chi connectivity index (χ3v) is 8.70. The predicted molar refractivity (Wildman–Crippen MR) is 147 cm³/mol. The molecule has 1 amide bonds. The molecule has 2 aliphatic heterocycles. The predicted octanol–water partition coefficient (Wildman–Crippen LogP) is 5.11. The van der Waals surface area contributed by atoms with Gasteiger partial charge in [-0.3, -0.25) is 9.78 Å². The van der Waals surface area contributed by atoms with E-state index < -0.39 is 0 Å². The maximum atomic E-state index is 14.8. The summed E-state index contributed by atoms with van der Waals surface area (Å²) >= 11 is 5.90. The van der Waals surface area contributed by atoms with Crippen molar-refractivity contribution in [3.05, 3.63) is 76.6 Å². The van der Waals surface area contributed by atoms with Crippen molar-refractivity contribution in [1.82, 2.24) is 19.9 Å². The normalized spacial score (nSPS) is 21.0. The molecule has 9 heteroatoms. The van der Waals surface area contributed by atoms with Crippen LogP contribution in [0.15, 0.2) is 49.1 Å². The van der Waals surface area contributed by atoms with Crippen LogP contribution in [0.1, 0.15) is 42.4 Å². The quantitative estimate of drug-likeness (QED) is 0.389. The van der Waals surface area contributed by atoms with Crippen LogP contribution < -0.4 is 9.64 Å². The molecule has 39 heavy (non-hydrogen) atoms. The monoisotopic (exact) mass is 549 g/mol. The van der Waals surface area contributed by atoms with Gasteiger partial charge < -0.3 is 14.5 Å². The van der Waals surface area contributed by atoms with Crippen molar-refractivity contribution >= 4 is 23.5 Å². The van der Waals surface area contributed by atoms with Gasteiger partial charge in [-0.25, -0.2) is 14.4 Å². The van der Waals surface area contributed by atoms with E-state index in [4.69, 9.17) is 16.3 Å². The number of benzene rings is 1. The van der Waals surface area contributed by atoms with Crippen molar-refractivity contribution in [3.8, 4) is 5.75 Å². The van der Waals surface area contributed by atoms with Crippen LogP contribution in [-0.4, -0.2) is 52.0 Å². The molecule has 3 aliphatic rings. The third kappa shape index (κ3) is 6.16. The summed E-state index contributed by atoms with van der Waals surface area (Å²) in [5, 5.41) is 0.559. The fourth-order valence-corrected chi connectivity index (χ4v) is 6.23. The highest BCUT2D eigenvalue weighted by molar-refractivity contribution is 6.30. The van der Waals surface area contributed by atoms with Crippen LogP contribution in [0.3, 0.4) is 0 Å². The van der Waals surface area contributed by atoms with Gasteiger partial charge in [0.25, 0.3) is 0 Å². The van der Waals surface area contributed by atoms with Crippen molar-refractivity contribution in [2.45, 2.75) is 45.1 Å². The average Bonchev–Trinajstić information content (AvgIpc) is 3.74. The van der Waals surface area contributed by atoms with Crippen LogP contribution >= 0.6 is 11.6 Å². The van der Waals surface area contributed by atoms with Crippen molar-refractivity contribution in [3.63, 3.8) is 0 Å². The molecule has 2 fully saturated rings. The summed E-state index contributed by atoms with van der Waals surface area (Å²) in [6, 6.07) is 6.87. The molecule has 0 radical (unpaired) electrons. The molecule has 1 saturated heterocycles. The molecule has 4 heterocycles. The number of rotatable bonds is 8. The summed E-state index contributed by atoms with van der Waals surface area (Å²) in [6.45, 7) is 3.71. The molecule has 6 rings (SSSR count). The Morgan fingerprint density at radius 3 is 2.69 bits per heavy atom. The zero-order valence-electron chi connectivity index (χ0n) is 21.9. The van der Waals surface area contributed by atoms with E-state index in [-0.39, 0.29) is 18.1 Å². The van der Waals surface area contributed by atoms with Gasteiger partial charge in [-0.1, -0.05) is 17.7 Å². The SMILES string of the molecule is O=C(Cc1ccc(OCCC2CC2C2CCN(c3ncc(Cl)cn3)CC2)cc1F)N1CCc2ccncc2C1. The molecule has 1 aromatic carbocycles. The van der Waals surface area contributed by atoms with Crippen molar-refractivity contribution < 1.29 is 13.9 Å². The number of piperidine rings is 1. The number of anilines is 1. The molecule has 2 aromatic heterocycles. The standard InChI is InChI=1S/C30H33ClFN5O2/c31-25-17-34-30(35-18-25)36-9-5-21(6-10-36)27-13-22(27)7-12-39-26-2-1-23(28(32)15-26)14-29(38)37-11-4-20-3-8-33-16-24(20)19-37/h1-3,8,15-18,21-22,27H,4-7,9-14,19H2. The summed E-state index contributed by atoms with van der Waals surface area (Å²) in [6.07, 6.45) is 12.3. The minimum atomic E-state index is -0.388. The summed E-state index contributed by atoms with van der Waals surface area (Å²) in [4.78, 5) is 29.7. The zero-order chi connectivity index (χ0) is 26.8. The second-order valence-electron chi connectivity index (χ2n) is 11.0. The zero-order valence-corrected chi connectivity index (χ0v) is 22.7. The van der Waals surface area contributed by atoms with E-state index in [1.165, 1.54) is 18.1 Å². The van der Waals surface area contributed by atoms with Gasteiger partial charge in [0.1, 0.15) is 11.6 Å². The number of fused-ring (bicyclic) bond motifs is 1. The molecule has 2 atom stereocenters. The lowest BCUT2D eigenvalue weighted by atomic mass is 9.90.